The summed E-state index contributed by atoms with van der Waals surface area (Å²) in [5, 5.41) is 6.50. The van der Waals surface area contributed by atoms with Crippen molar-refractivity contribution in [2.24, 2.45) is 4.99 Å². The molecule has 8 heteroatoms. The summed E-state index contributed by atoms with van der Waals surface area (Å²) in [6.07, 6.45) is 3.93. The first-order valence-electron chi connectivity index (χ1n) is 10.5. The Labute approximate surface area is 178 Å². The number of hydrogen-bond donors (Lipinski definition) is 2. The van der Waals surface area contributed by atoms with Gasteiger partial charge in [0.05, 0.1) is 6.54 Å². The molecule has 0 aliphatic carbocycles. The summed E-state index contributed by atoms with van der Waals surface area (Å²) in [5.41, 5.74) is 2.40. The zero-order valence-electron chi connectivity index (χ0n) is 17.8. The van der Waals surface area contributed by atoms with Crippen LogP contribution in [-0.4, -0.2) is 66.0 Å². The fourth-order valence-electron chi connectivity index (χ4n) is 3.26. The van der Waals surface area contributed by atoms with E-state index in [4.69, 9.17) is 0 Å². The maximum Gasteiger partial charge on any atom is 0.225 e. The number of aromatic nitrogens is 2. The fraction of sp³-hybridized carbons (Fsp3) is 0.455. The van der Waals surface area contributed by atoms with Crippen molar-refractivity contribution < 1.29 is 4.79 Å². The predicted molar refractivity (Wildman–Crippen MR) is 119 cm³/mol. The van der Waals surface area contributed by atoms with E-state index >= 15 is 0 Å². The van der Waals surface area contributed by atoms with Crippen molar-refractivity contribution in [2.45, 2.75) is 26.8 Å². The molecule has 0 radical (unpaired) electrons. The molecule has 2 heterocycles. The van der Waals surface area contributed by atoms with Gasteiger partial charge in [-0.15, -0.1) is 0 Å². The standard InChI is InChI=1S/C22H31N7O/c1-3-23-21(27-17-19-7-5-18(2)6-8-19)24-12-9-20(30)28-13-15-29(16-14-28)22-25-10-4-11-26-22/h4-8,10-11H,3,9,12-17H2,1-2H3,(H2,23,24,27). The van der Waals surface area contributed by atoms with Crippen molar-refractivity contribution in [1.82, 2.24) is 25.5 Å². The van der Waals surface area contributed by atoms with E-state index in [9.17, 15) is 4.79 Å². The van der Waals surface area contributed by atoms with Crippen LogP contribution in [0.2, 0.25) is 0 Å². The Kier molecular flexibility index (Phi) is 8.00. The number of guanidine groups is 1. The molecule has 0 atom stereocenters. The normalized spacial score (nSPS) is 14.5. The van der Waals surface area contributed by atoms with Gasteiger partial charge in [-0.1, -0.05) is 29.8 Å². The van der Waals surface area contributed by atoms with Gasteiger partial charge < -0.3 is 20.4 Å². The van der Waals surface area contributed by atoms with Gasteiger partial charge in [-0.3, -0.25) is 4.79 Å². The van der Waals surface area contributed by atoms with Crippen LogP contribution in [0, 0.1) is 6.92 Å². The van der Waals surface area contributed by atoms with Crippen molar-refractivity contribution in [2.75, 3.05) is 44.2 Å². The summed E-state index contributed by atoms with van der Waals surface area (Å²) in [6.45, 7) is 8.94. The number of aliphatic imine (C=N–C) groups is 1. The minimum Gasteiger partial charge on any atom is -0.357 e. The summed E-state index contributed by atoms with van der Waals surface area (Å²) in [6, 6.07) is 10.2. The number of rotatable bonds is 7. The van der Waals surface area contributed by atoms with Crippen LogP contribution in [0.25, 0.3) is 0 Å². The second-order valence-electron chi connectivity index (χ2n) is 7.27. The molecular formula is C22H31N7O. The molecule has 8 nitrogen and oxygen atoms in total. The van der Waals surface area contributed by atoms with Crippen molar-refractivity contribution in [3.63, 3.8) is 0 Å². The number of piperazine rings is 1. The topological polar surface area (TPSA) is 85.8 Å². The first-order valence-corrected chi connectivity index (χ1v) is 10.5. The summed E-state index contributed by atoms with van der Waals surface area (Å²) in [5.74, 6) is 1.62. The third-order valence-corrected chi connectivity index (χ3v) is 4.98. The van der Waals surface area contributed by atoms with Gasteiger partial charge in [0.1, 0.15) is 0 Å². The molecule has 1 fully saturated rings. The third-order valence-electron chi connectivity index (χ3n) is 4.98. The van der Waals surface area contributed by atoms with E-state index in [2.05, 4.69) is 61.7 Å². The highest BCUT2D eigenvalue weighted by Crippen LogP contribution is 2.10. The van der Waals surface area contributed by atoms with E-state index < -0.39 is 0 Å². The van der Waals surface area contributed by atoms with Crippen LogP contribution >= 0.6 is 0 Å². The van der Waals surface area contributed by atoms with E-state index in [0.29, 0.717) is 32.6 Å². The maximum absolute atomic E-state index is 12.6. The lowest BCUT2D eigenvalue weighted by molar-refractivity contribution is -0.131. The smallest absolute Gasteiger partial charge is 0.225 e. The van der Waals surface area contributed by atoms with E-state index in [-0.39, 0.29) is 5.91 Å². The van der Waals surface area contributed by atoms with Crippen molar-refractivity contribution in [1.29, 1.82) is 0 Å². The van der Waals surface area contributed by atoms with Gasteiger partial charge in [0.25, 0.3) is 0 Å². The molecule has 2 N–H and O–H groups in total. The fourth-order valence-corrected chi connectivity index (χ4v) is 3.26. The second kappa shape index (κ2) is 11.1. The molecule has 1 aliphatic heterocycles. The van der Waals surface area contributed by atoms with Gasteiger partial charge in [0, 0.05) is 58.1 Å². The van der Waals surface area contributed by atoms with Crippen LogP contribution in [0.1, 0.15) is 24.5 Å². The molecule has 0 bridgehead atoms. The number of nitrogens with zero attached hydrogens (tertiary/aromatic N) is 5. The highest BCUT2D eigenvalue weighted by Gasteiger charge is 2.22. The number of aryl methyl sites for hydroxylation is 1. The number of hydrogen-bond acceptors (Lipinski definition) is 5. The highest BCUT2D eigenvalue weighted by molar-refractivity contribution is 5.81. The summed E-state index contributed by atoms with van der Waals surface area (Å²) in [4.78, 5) is 29.8. The molecule has 1 amide bonds. The van der Waals surface area contributed by atoms with Crippen LogP contribution in [0.3, 0.4) is 0 Å². The Balaban J connectivity index is 1.42. The van der Waals surface area contributed by atoms with Crippen molar-refractivity contribution >= 4 is 17.8 Å². The van der Waals surface area contributed by atoms with E-state index in [1.165, 1.54) is 5.56 Å². The van der Waals surface area contributed by atoms with Gasteiger partial charge in [-0.25, -0.2) is 15.0 Å². The van der Waals surface area contributed by atoms with E-state index in [1.807, 2.05) is 17.9 Å². The molecule has 0 spiro atoms. The largest absolute Gasteiger partial charge is 0.357 e. The molecule has 1 aromatic carbocycles. The minimum atomic E-state index is 0.158. The van der Waals surface area contributed by atoms with Gasteiger partial charge >= 0.3 is 0 Å². The number of carbonyl (C=O) groups is 1. The average Bonchev–Trinajstić information content (AvgIpc) is 2.79. The SMILES string of the molecule is CCNC(=NCc1ccc(C)cc1)NCCC(=O)N1CCN(c2ncccn2)CC1. The lowest BCUT2D eigenvalue weighted by atomic mass is 10.1. The molecule has 1 saturated heterocycles. The van der Waals surface area contributed by atoms with Crippen LogP contribution in [0.5, 0.6) is 0 Å². The number of carbonyl (C=O) groups excluding carboxylic acids is 1. The molecule has 2 aromatic rings. The van der Waals surface area contributed by atoms with Crippen LogP contribution in [0.4, 0.5) is 5.95 Å². The van der Waals surface area contributed by atoms with Crippen LogP contribution in [-0.2, 0) is 11.3 Å². The monoisotopic (exact) mass is 409 g/mol. The first-order chi connectivity index (χ1) is 14.7. The van der Waals surface area contributed by atoms with Gasteiger partial charge in [0.2, 0.25) is 11.9 Å². The molecule has 0 unspecified atom stereocenters. The zero-order valence-corrected chi connectivity index (χ0v) is 17.8. The van der Waals surface area contributed by atoms with Crippen molar-refractivity contribution in [3.8, 4) is 0 Å². The Morgan fingerprint density at radius 3 is 2.43 bits per heavy atom. The third kappa shape index (κ3) is 6.43. The Morgan fingerprint density at radius 2 is 1.77 bits per heavy atom. The molecule has 0 saturated carbocycles. The Morgan fingerprint density at radius 1 is 1.07 bits per heavy atom. The quantitative estimate of drug-likeness (QED) is 0.533. The molecule has 160 valence electrons. The van der Waals surface area contributed by atoms with E-state index in [1.54, 1.807) is 12.4 Å². The summed E-state index contributed by atoms with van der Waals surface area (Å²) < 4.78 is 0. The zero-order chi connectivity index (χ0) is 21.2. The number of amides is 1. The summed E-state index contributed by atoms with van der Waals surface area (Å²) in [7, 11) is 0. The molecule has 3 rings (SSSR count). The molecule has 30 heavy (non-hydrogen) atoms. The van der Waals surface area contributed by atoms with Gasteiger partial charge in [0.15, 0.2) is 5.96 Å². The number of anilines is 1. The average molecular weight is 410 g/mol. The lowest BCUT2D eigenvalue weighted by Gasteiger charge is -2.34. The molecular weight excluding hydrogens is 378 g/mol. The Hall–Kier alpha value is -3.16. The first kappa shape index (κ1) is 21.5. The van der Waals surface area contributed by atoms with Crippen LogP contribution in [0.15, 0.2) is 47.7 Å². The molecule has 1 aliphatic rings. The highest BCUT2D eigenvalue weighted by atomic mass is 16.2. The van der Waals surface area contributed by atoms with Gasteiger partial charge in [-0.2, -0.15) is 0 Å². The van der Waals surface area contributed by atoms with Crippen molar-refractivity contribution in [3.05, 3.63) is 53.9 Å². The maximum atomic E-state index is 12.6. The Bertz CT molecular complexity index is 815. The van der Waals surface area contributed by atoms with Gasteiger partial charge in [-0.05, 0) is 25.5 Å². The molecule has 1 aromatic heterocycles. The van der Waals surface area contributed by atoms with Crippen LogP contribution < -0.4 is 15.5 Å². The predicted octanol–water partition coefficient (Wildman–Crippen LogP) is 1.58. The number of nitrogens with one attached hydrogen (secondary N) is 2. The minimum absolute atomic E-state index is 0.158. The second-order valence-corrected chi connectivity index (χ2v) is 7.27. The summed E-state index contributed by atoms with van der Waals surface area (Å²) >= 11 is 0. The number of benzene rings is 1. The van der Waals surface area contributed by atoms with E-state index in [0.717, 1.165) is 37.1 Å². The lowest BCUT2D eigenvalue weighted by Crippen LogP contribution is -2.50.